The molecule has 1 aliphatic rings. The van der Waals surface area contributed by atoms with Crippen LogP contribution in [0.15, 0.2) is 24.3 Å². The van der Waals surface area contributed by atoms with E-state index in [4.69, 9.17) is 5.73 Å². The van der Waals surface area contributed by atoms with Gasteiger partial charge in [-0.1, -0.05) is 32.3 Å². The molecule has 21 heavy (non-hydrogen) atoms. The summed E-state index contributed by atoms with van der Waals surface area (Å²) in [5.74, 6) is -0.192. The third-order valence-electron chi connectivity index (χ3n) is 3.92. The summed E-state index contributed by atoms with van der Waals surface area (Å²) < 4.78 is 0. The van der Waals surface area contributed by atoms with Crippen LogP contribution in [0.3, 0.4) is 0 Å². The Balaban J connectivity index is 2.03. The van der Waals surface area contributed by atoms with E-state index in [1.54, 1.807) is 31.2 Å². The lowest BCUT2D eigenvalue weighted by Gasteiger charge is -2.31. The maximum Gasteiger partial charge on any atom is 0.244 e. The van der Waals surface area contributed by atoms with Gasteiger partial charge in [-0.15, -0.1) is 0 Å². The van der Waals surface area contributed by atoms with E-state index in [-0.39, 0.29) is 11.8 Å². The zero-order valence-electron chi connectivity index (χ0n) is 12.4. The van der Waals surface area contributed by atoms with Crippen molar-refractivity contribution in [1.29, 1.82) is 0 Å². The lowest BCUT2D eigenvalue weighted by Crippen LogP contribution is -2.52. The van der Waals surface area contributed by atoms with Gasteiger partial charge in [0.2, 0.25) is 11.8 Å². The van der Waals surface area contributed by atoms with Crippen LogP contribution in [-0.4, -0.2) is 17.4 Å². The van der Waals surface area contributed by atoms with Gasteiger partial charge in [-0.25, -0.2) is 0 Å². The summed E-state index contributed by atoms with van der Waals surface area (Å²) in [4.78, 5) is 23.8. The van der Waals surface area contributed by atoms with Crippen LogP contribution >= 0.6 is 0 Å². The average Bonchev–Trinajstić information content (AvgIpc) is 2.48. The molecular weight excluding hydrogens is 266 g/mol. The van der Waals surface area contributed by atoms with E-state index in [1.165, 1.54) is 0 Å². The zero-order chi connectivity index (χ0) is 15.3. The minimum atomic E-state index is -0.763. The molecule has 5 heteroatoms. The van der Waals surface area contributed by atoms with Crippen LogP contribution in [0.25, 0.3) is 0 Å². The smallest absolute Gasteiger partial charge is 0.244 e. The van der Waals surface area contributed by atoms with Gasteiger partial charge in [-0.3, -0.25) is 9.59 Å². The summed E-state index contributed by atoms with van der Waals surface area (Å²) in [5, 5.41) is 5.64. The Bertz CT molecular complexity index is 522. The predicted molar refractivity (Wildman–Crippen MR) is 84.0 cm³/mol. The van der Waals surface area contributed by atoms with Crippen LogP contribution in [0.4, 0.5) is 11.4 Å². The number of carbonyl (C=O) groups excluding carboxylic acids is 2. The lowest BCUT2D eigenvalue weighted by molar-refractivity contribution is -0.122. The van der Waals surface area contributed by atoms with E-state index in [0.717, 1.165) is 32.1 Å². The Morgan fingerprint density at radius 1 is 1.14 bits per heavy atom. The Kier molecular flexibility index (Phi) is 4.96. The molecule has 2 rings (SSSR count). The van der Waals surface area contributed by atoms with Crippen molar-refractivity contribution in [2.75, 3.05) is 10.6 Å². The van der Waals surface area contributed by atoms with Gasteiger partial charge >= 0.3 is 0 Å². The monoisotopic (exact) mass is 289 g/mol. The normalized spacial score (nSPS) is 17.0. The van der Waals surface area contributed by atoms with Crippen molar-refractivity contribution in [1.82, 2.24) is 0 Å². The van der Waals surface area contributed by atoms with Crippen LogP contribution < -0.4 is 16.4 Å². The van der Waals surface area contributed by atoms with Crippen molar-refractivity contribution in [2.45, 2.75) is 51.0 Å². The van der Waals surface area contributed by atoms with E-state index < -0.39 is 5.54 Å². The number of benzene rings is 1. The van der Waals surface area contributed by atoms with Crippen molar-refractivity contribution >= 4 is 23.2 Å². The van der Waals surface area contributed by atoms with Crippen molar-refractivity contribution in [3.8, 4) is 0 Å². The molecule has 114 valence electrons. The van der Waals surface area contributed by atoms with E-state index in [2.05, 4.69) is 10.6 Å². The first-order valence-electron chi connectivity index (χ1n) is 7.54. The Morgan fingerprint density at radius 2 is 1.76 bits per heavy atom. The second kappa shape index (κ2) is 6.72. The maximum absolute atomic E-state index is 12.4. The largest absolute Gasteiger partial charge is 0.326 e. The Hall–Kier alpha value is -1.88. The molecule has 4 N–H and O–H groups in total. The van der Waals surface area contributed by atoms with Gasteiger partial charge in [-0.2, -0.15) is 0 Å². The van der Waals surface area contributed by atoms with Crippen LogP contribution in [-0.2, 0) is 9.59 Å². The van der Waals surface area contributed by atoms with Crippen LogP contribution in [0.2, 0.25) is 0 Å². The predicted octanol–water partition coefficient (Wildman–Crippen LogP) is 2.64. The summed E-state index contributed by atoms with van der Waals surface area (Å²) in [7, 11) is 0. The van der Waals surface area contributed by atoms with Crippen molar-refractivity contribution in [3.63, 3.8) is 0 Å². The number of hydrogen-bond donors (Lipinski definition) is 3. The summed E-state index contributed by atoms with van der Waals surface area (Å²) in [6, 6.07) is 7.14. The van der Waals surface area contributed by atoms with Crippen LogP contribution in [0.1, 0.15) is 45.4 Å². The fourth-order valence-electron chi connectivity index (χ4n) is 2.59. The molecule has 1 aromatic carbocycles. The minimum Gasteiger partial charge on any atom is -0.326 e. The molecule has 0 spiro atoms. The first-order chi connectivity index (χ1) is 10.0. The summed E-state index contributed by atoms with van der Waals surface area (Å²) in [5.41, 5.74) is 6.78. The fraction of sp³-hybridized carbons (Fsp3) is 0.500. The molecule has 0 bridgehead atoms. The maximum atomic E-state index is 12.4. The van der Waals surface area contributed by atoms with E-state index in [1.807, 2.05) is 0 Å². The van der Waals surface area contributed by atoms with Gasteiger partial charge in [-0.05, 0) is 31.0 Å². The molecule has 0 aliphatic heterocycles. The van der Waals surface area contributed by atoms with Gasteiger partial charge in [0.1, 0.15) is 0 Å². The third kappa shape index (κ3) is 4.04. The highest BCUT2D eigenvalue weighted by molar-refractivity contribution is 5.99. The second-order valence-electron chi connectivity index (χ2n) is 5.65. The number of hydrogen-bond acceptors (Lipinski definition) is 3. The molecule has 1 aliphatic carbocycles. The van der Waals surface area contributed by atoms with E-state index in [9.17, 15) is 9.59 Å². The van der Waals surface area contributed by atoms with Gasteiger partial charge in [0, 0.05) is 17.8 Å². The molecule has 1 aromatic rings. The second-order valence-corrected chi connectivity index (χ2v) is 5.65. The highest BCUT2D eigenvalue weighted by Crippen LogP contribution is 2.27. The molecule has 0 atom stereocenters. The number of amides is 2. The molecule has 0 heterocycles. The highest BCUT2D eigenvalue weighted by atomic mass is 16.2. The van der Waals surface area contributed by atoms with Crippen molar-refractivity contribution in [2.24, 2.45) is 5.73 Å². The van der Waals surface area contributed by atoms with Crippen molar-refractivity contribution < 1.29 is 9.59 Å². The highest BCUT2D eigenvalue weighted by Gasteiger charge is 2.35. The molecule has 0 saturated heterocycles. The first-order valence-corrected chi connectivity index (χ1v) is 7.54. The van der Waals surface area contributed by atoms with Crippen LogP contribution in [0, 0.1) is 0 Å². The van der Waals surface area contributed by atoms with E-state index >= 15 is 0 Å². The molecule has 0 unspecified atom stereocenters. The van der Waals surface area contributed by atoms with E-state index in [0.29, 0.717) is 17.8 Å². The first kappa shape index (κ1) is 15.5. The fourth-order valence-corrected chi connectivity index (χ4v) is 2.59. The lowest BCUT2D eigenvalue weighted by atomic mass is 9.82. The molecule has 1 saturated carbocycles. The zero-order valence-corrected chi connectivity index (χ0v) is 12.4. The Morgan fingerprint density at radius 3 is 2.38 bits per heavy atom. The minimum absolute atomic E-state index is 0.0546. The van der Waals surface area contributed by atoms with Gasteiger partial charge in [0.15, 0.2) is 0 Å². The molecule has 0 aromatic heterocycles. The van der Waals surface area contributed by atoms with Gasteiger partial charge in [0.05, 0.1) is 5.54 Å². The molecule has 1 fully saturated rings. The molecule has 0 radical (unpaired) electrons. The van der Waals surface area contributed by atoms with Gasteiger partial charge in [0.25, 0.3) is 0 Å². The SMILES string of the molecule is CCC(=O)Nc1cccc(NC(=O)C2(N)CCCCC2)c1. The van der Waals surface area contributed by atoms with Gasteiger partial charge < -0.3 is 16.4 Å². The summed E-state index contributed by atoms with van der Waals surface area (Å²) in [6.45, 7) is 1.79. The average molecular weight is 289 g/mol. The Labute approximate surface area is 125 Å². The molecule has 2 amide bonds. The molecule has 5 nitrogen and oxygen atoms in total. The summed E-state index contributed by atoms with van der Waals surface area (Å²) in [6.07, 6.45) is 5.01. The van der Waals surface area contributed by atoms with Crippen LogP contribution in [0.5, 0.6) is 0 Å². The number of anilines is 2. The summed E-state index contributed by atoms with van der Waals surface area (Å²) >= 11 is 0. The number of nitrogens with one attached hydrogen (secondary N) is 2. The number of nitrogens with two attached hydrogens (primary N) is 1. The number of rotatable bonds is 4. The topological polar surface area (TPSA) is 84.2 Å². The molecular formula is C16H23N3O2. The number of carbonyl (C=O) groups is 2. The third-order valence-corrected chi connectivity index (χ3v) is 3.92. The quantitative estimate of drug-likeness (QED) is 0.796. The standard InChI is InChI=1S/C16H23N3O2/c1-2-14(20)18-12-7-6-8-13(11-12)19-15(21)16(17)9-4-3-5-10-16/h6-8,11H,2-5,9-10,17H2,1H3,(H,18,20)(H,19,21). The van der Waals surface area contributed by atoms with Crippen molar-refractivity contribution in [3.05, 3.63) is 24.3 Å².